The lowest BCUT2D eigenvalue weighted by Crippen LogP contribution is -2.36. The lowest BCUT2D eigenvalue weighted by Gasteiger charge is -2.18. The minimum atomic E-state index is 0.102. The van der Waals surface area contributed by atoms with Gasteiger partial charge >= 0.3 is 0 Å². The first kappa shape index (κ1) is 16.1. The normalized spacial score (nSPS) is 10.5. The van der Waals surface area contributed by atoms with Crippen LogP contribution in [0.25, 0.3) is 0 Å². The van der Waals surface area contributed by atoms with Crippen molar-refractivity contribution in [2.24, 2.45) is 0 Å². The van der Waals surface area contributed by atoms with E-state index in [-0.39, 0.29) is 5.91 Å². The third-order valence-electron chi connectivity index (χ3n) is 3.26. The number of rotatable bonds is 7. The third kappa shape index (κ3) is 5.30. The average molecular weight is 280 g/mol. The number of nitrogens with zero attached hydrogens (tertiary/aromatic N) is 1. The van der Waals surface area contributed by atoms with Crippen LogP contribution in [0.15, 0.2) is 18.2 Å². The lowest BCUT2D eigenvalue weighted by molar-refractivity contribution is -0.117. The smallest absolute Gasteiger partial charge is 0.240 e. The highest BCUT2D eigenvalue weighted by Gasteiger charge is 2.10. The summed E-state index contributed by atoms with van der Waals surface area (Å²) in [4.78, 5) is 13.7. The highest BCUT2D eigenvalue weighted by atomic mass is 31.0. The number of carbonyl (C=O) groups is 1. The number of benzene rings is 1. The van der Waals surface area contributed by atoms with E-state index in [0.717, 1.165) is 24.0 Å². The number of likely N-dealkylation sites (N-methyl/N-ethyl adjacent to an activating group) is 1. The van der Waals surface area contributed by atoms with E-state index in [1.807, 2.05) is 25.2 Å². The summed E-state index contributed by atoms with van der Waals surface area (Å²) in [6.07, 6.45) is 3.55. The summed E-state index contributed by atoms with van der Waals surface area (Å²) in [7, 11) is 4.53. The molecule has 1 aromatic carbocycles. The van der Waals surface area contributed by atoms with Gasteiger partial charge in [-0.15, -0.1) is 9.24 Å². The summed E-state index contributed by atoms with van der Waals surface area (Å²) in [6.45, 7) is 5.55. The minimum Gasteiger partial charge on any atom is -0.314 e. The van der Waals surface area contributed by atoms with Crippen LogP contribution in [-0.2, 0) is 4.79 Å². The Balaban J connectivity index is 2.45. The van der Waals surface area contributed by atoms with Crippen molar-refractivity contribution < 1.29 is 4.79 Å². The molecular formula is C15H25N2OP. The van der Waals surface area contributed by atoms with Crippen molar-refractivity contribution in [3.05, 3.63) is 23.8 Å². The van der Waals surface area contributed by atoms with Crippen molar-refractivity contribution in [3.8, 4) is 0 Å². The van der Waals surface area contributed by atoms with E-state index in [1.54, 1.807) is 4.90 Å². The Morgan fingerprint density at radius 1 is 1.37 bits per heavy atom. The fourth-order valence-electron chi connectivity index (χ4n) is 1.79. The molecule has 0 aromatic heterocycles. The predicted octanol–water partition coefficient (Wildman–Crippen LogP) is 2.24. The first-order valence-electron chi connectivity index (χ1n) is 6.89. The molecule has 0 aliphatic heterocycles. The number of amides is 1. The second kappa shape index (κ2) is 8.29. The fraction of sp³-hybridized carbons (Fsp3) is 0.533. The zero-order valence-corrected chi connectivity index (χ0v) is 13.4. The summed E-state index contributed by atoms with van der Waals surface area (Å²) < 4.78 is 0. The molecule has 0 aliphatic rings. The summed E-state index contributed by atoms with van der Waals surface area (Å²) in [6, 6.07) is 6.04. The molecule has 106 valence electrons. The summed E-state index contributed by atoms with van der Waals surface area (Å²) in [5.74, 6) is 0.102. The van der Waals surface area contributed by atoms with Gasteiger partial charge < -0.3 is 10.2 Å². The van der Waals surface area contributed by atoms with Crippen LogP contribution in [0, 0.1) is 6.92 Å². The molecule has 1 atom stereocenters. The highest BCUT2D eigenvalue weighted by molar-refractivity contribution is 7.27. The maximum absolute atomic E-state index is 12.0. The molecule has 1 N–H and O–H groups in total. The van der Waals surface area contributed by atoms with Crippen LogP contribution in [0.2, 0.25) is 0 Å². The number of hydrogen-bond donors (Lipinski definition) is 1. The molecule has 0 bridgehead atoms. The van der Waals surface area contributed by atoms with E-state index in [2.05, 4.69) is 28.4 Å². The summed E-state index contributed by atoms with van der Waals surface area (Å²) >= 11 is 0. The van der Waals surface area contributed by atoms with Gasteiger partial charge in [-0.2, -0.15) is 0 Å². The summed E-state index contributed by atoms with van der Waals surface area (Å²) in [5.41, 5.74) is 2.16. The van der Waals surface area contributed by atoms with Gasteiger partial charge in [0.25, 0.3) is 0 Å². The first-order chi connectivity index (χ1) is 9.06. The monoisotopic (exact) mass is 280 g/mol. The van der Waals surface area contributed by atoms with Gasteiger partial charge in [-0.05, 0) is 42.9 Å². The molecule has 0 heterocycles. The molecule has 0 saturated carbocycles. The van der Waals surface area contributed by atoms with Crippen LogP contribution >= 0.6 is 9.24 Å². The Kier molecular flexibility index (Phi) is 7.04. The van der Waals surface area contributed by atoms with Crippen LogP contribution in [0.5, 0.6) is 0 Å². The maximum atomic E-state index is 12.0. The van der Waals surface area contributed by atoms with Gasteiger partial charge in [-0.3, -0.25) is 4.79 Å². The van der Waals surface area contributed by atoms with Crippen molar-refractivity contribution >= 4 is 26.1 Å². The number of aryl methyl sites for hydroxylation is 1. The molecule has 0 radical (unpaired) electrons. The SMILES string of the molecule is CCCCCNCC(=O)N(C)c1ccc(C)c(P)c1. The van der Waals surface area contributed by atoms with Crippen LogP contribution < -0.4 is 15.5 Å². The van der Waals surface area contributed by atoms with E-state index < -0.39 is 0 Å². The van der Waals surface area contributed by atoms with Gasteiger partial charge in [0.1, 0.15) is 0 Å². The van der Waals surface area contributed by atoms with Gasteiger partial charge in [0.05, 0.1) is 6.54 Å². The number of nitrogens with one attached hydrogen (secondary N) is 1. The Morgan fingerprint density at radius 3 is 2.74 bits per heavy atom. The number of unbranched alkanes of at least 4 members (excludes halogenated alkanes) is 2. The quantitative estimate of drug-likeness (QED) is 0.613. The predicted molar refractivity (Wildman–Crippen MR) is 86.3 cm³/mol. The van der Waals surface area contributed by atoms with Crippen LogP contribution in [0.3, 0.4) is 0 Å². The van der Waals surface area contributed by atoms with Crippen molar-refractivity contribution in [1.29, 1.82) is 0 Å². The van der Waals surface area contributed by atoms with Crippen molar-refractivity contribution in [2.45, 2.75) is 33.1 Å². The maximum Gasteiger partial charge on any atom is 0.240 e. The molecule has 1 unspecified atom stereocenters. The molecule has 0 aliphatic carbocycles. The van der Waals surface area contributed by atoms with E-state index in [0.29, 0.717) is 6.54 Å². The van der Waals surface area contributed by atoms with E-state index in [4.69, 9.17) is 0 Å². The molecule has 4 heteroatoms. The largest absolute Gasteiger partial charge is 0.314 e. The Labute approximate surface area is 119 Å². The lowest BCUT2D eigenvalue weighted by atomic mass is 10.2. The molecular weight excluding hydrogens is 255 g/mol. The minimum absolute atomic E-state index is 0.102. The standard InChI is InChI=1S/C15H25N2OP/c1-4-5-6-9-16-11-15(18)17(3)13-8-7-12(2)14(19)10-13/h7-8,10,16H,4-6,9,11,19H2,1-3H3. The number of carbonyl (C=O) groups excluding carboxylic acids is 1. The average Bonchev–Trinajstić information content (AvgIpc) is 2.40. The van der Waals surface area contributed by atoms with Crippen LogP contribution in [0.4, 0.5) is 5.69 Å². The molecule has 0 fully saturated rings. The number of hydrogen-bond acceptors (Lipinski definition) is 2. The third-order valence-corrected chi connectivity index (χ3v) is 3.88. The second-order valence-electron chi connectivity index (χ2n) is 4.88. The van der Waals surface area contributed by atoms with Crippen molar-refractivity contribution in [2.75, 3.05) is 25.0 Å². The van der Waals surface area contributed by atoms with Crippen LogP contribution in [-0.4, -0.2) is 26.0 Å². The van der Waals surface area contributed by atoms with Gasteiger partial charge in [-0.25, -0.2) is 0 Å². The molecule has 0 spiro atoms. The van der Waals surface area contributed by atoms with Gasteiger partial charge in [0, 0.05) is 12.7 Å². The van der Waals surface area contributed by atoms with E-state index in [9.17, 15) is 4.79 Å². The van der Waals surface area contributed by atoms with Crippen molar-refractivity contribution in [3.63, 3.8) is 0 Å². The molecule has 1 rings (SSSR count). The molecule has 3 nitrogen and oxygen atoms in total. The Morgan fingerprint density at radius 2 is 2.11 bits per heavy atom. The zero-order valence-electron chi connectivity index (χ0n) is 12.2. The van der Waals surface area contributed by atoms with Gasteiger partial charge in [0.2, 0.25) is 5.91 Å². The van der Waals surface area contributed by atoms with Gasteiger partial charge in [-0.1, -0.05) is 25.8 Å². The Hall–Kier alpha value is -0.920. The highest BCUT2D eigenvalue weighted by Crippen LogP contribution is 2.13. The van der Waals surface area contributed by atoms with E-state index in [1.165, 1.54) is 18.4 Å². The molecule has 0 saturated heterocycles. The van der Waals surface area contributed by atoms with Crippen LogP contribution in [0.1, 0.15) is 31.7 Å². The van der Waals surface area contributed by atoms with Crippen molar-refractivity contribution in [1.82, 2.24) is 5.32 Å². The number of anilines is 1. The zero-order chi connectivity index (χ0) is 14.3. The second-order valence-corrected chi connectivity index (χ2v) is 5.50. The fourth-order valence-corrected chi connectivity index (χ4v) is 2.06. The summed E-state index contributed by atoms with van der Waals surface area (Å²) in [5, 5.41) is 4.33. The topological polar surface area (TPSA) is 32.3 Å². The molecule has 19 heavy (non-hydrogen) atoms. The van der Waals surface area contributed by atoms with E-state index >= 15 is 0 Å². The van der Waals surface area contributed by atoms with Gasteiger partial charge in [0.15, 0.2) is 0 Å². The molecule has 1 amide bonds. The molecule has 1 aromatic rings. The first-order valence-corrected chi connectivity index (χ1v) is 7.47. The Bertz CT molecular complexity index is 421.